The summed E-state index contributed by atoms with van der Waals surface area (Å²) < 4.78 is 68.6. The van der Waals surface area contributed by atoms with Gasteiger partial charge in [-0.05, 0) is 66.8 Å². The van der Waals surface area contributed by atoms with Crippen LogP contribution in [0.4, 0.5) is 17.6 Å². The minimum absolute atomic E-state index is 0.189. The second-order valence-electron chi connectivity index (χ2n) is 7.20. The fourth-order valence-electron chi connectivity index (χ4n) is 3.10. The summed E-state index contributed by atoms with van der Waals surface area (Å²) in [7, 11) is 0. The Morgan fingerprint density at radius 1 is 0.774 bits per heavy atom. The number of aryl methyl sites for hydroxylation is 2. The molecule has 0 aliphatic carbocycles. The van der Waals surface area contributed by atoms with Crippen LogP contribution in [0.2, 0.25) is 0 Å². The predicted octanol–water partition coefficient (Wildman–Crippen LogP) is 7.79. The molecular formula is C25H24F4O2. The molecule has 3 aromatic carbocycles. The number of rotatable bonds is 9. The van der Waals surface area contributed by atoms with Crippen molar-refractivity contribution >= 4 is 0 Å². The molecule has 0 spiro atoms. The Hall–Kier alpha value is -3.02. The van der Waals surface area contributed by atoms with Crippen LogP contribution < -0.4 is 9.47 Å². The highest BCUT2D eigenvalue weighted by molar-refractivity contribution is 5.39. The van der Waals surface area contributed by atoms with Gasteiger partial charge in [-0.2, -0.15) is 8.78 Å². The molecule has 31 heavy (non-hydrogen) atoms. The van der Waals surface area contributed by atoms with E-state index in [0.29, 0.717) is 0 Å². The molecule has 0 saturated heterocycles. The fourth-order valence-corrected chi connectivity index (χ4v) is 3.10. The molecular weight excluding hydrogens is 408 g/mol. The van der Waals surface area contributed by atoms with Gasteiger partial charge in [-0.3, -0.25) is 0 Å². The topological polar surface area (TPSA) is 18.5 Å². The zero-order valence-corrected chi connectivity index (χ0v) is 17.4. The monoisotopic (exact) mass is 432 g/mol. The summed E-state index contributed by atoms with van der Waals surface area (Å²) in [6, 6.07) is 14.5. The van der Waals surface area contributed by atoms with Crippen molar-refractivity contribution in [2.75, 3.05) is 0 Å². The Kier molecular flexibility index (Phi) is 7.21. The predicted molar refractivity (Wildman–Crippen MR) is 112 cm³/mol. The van der Waals surface area contributed by atoms with Crippen LogP contribution in [0.1, 0.15) is 43.4 Å². The normalized spacial score (nSPS) is 11.4. The highest BCUT2D eigenvalue weighted by Crippen LogP contribution is 2.39. The summed E-state index contributed by atoms with van der Waals surface area (Å²) in [5, 5.41) is 0. The molecule has 0 aliphatic heterocycles. The molecule has 0 atom stereocenters. The van der Waals surface area contributed by atoms with E-state index in [4.69, 9.17) is 4.74 Å². The van der Waals surface area contributed by atoms with Crippen molar-refractivity contribution in [2.45, 2.75) is 45.6 Å². The van der Waals surface area contributed by atoms with Gasteiger partial charge in [0.05, 0.1) is 0 Å². The lowest BCUT2D eigenvalue weighted by Gasteiger charge is -2.20. The van der Waals surface area contributed by atoms with Crippen molar-refractivity contribution in [1.82, 2.24) is 0 Å². The van der Waals surface area contributed by atoms with Crippen molar-refractivity contribution in [1.29, 1.82) is 0 Å². The third-order valence-corrected chi connectivity index (χ3v) is 4.89. The van der Waals surface area contributed by atoms with Gasteiger partial charge >= 0.3 is 6.11 Å². The lowest BCUT2D eigenvalue weighted by molar-refractivity contribution is -0.189. The Balaban J connectivity index is 1.83. The summed E-state index contributed by atoms with van der Waals surface area (Å²) in [5.41, 5.74) is 0.512. The molecule has 3 rings (SSSR count). The van der Waals surface area contributed by atoms with E-state index < -0.39 is 29.1 Å². The van der Waals surface area contributed by atoms with Crippen molar-refractivity contribution in [3.05, 3.63) is 89.0 Å². The van der Waals surface area contributed by atoms with Gasteiger partial charge in [0.2, 0.25) is 0 Å². The Bertz CT molecular complexity index is 999. The molecule has 0 fully saturated rings. The number of halogens is 4. The van der Waals surface area contributed by atoms with Crippen LogP contribution in [0.15, 0.2) is 60.7 Å². The van der Waals surface area contributed by atoms with Crippen LogP contribution in [-0.2, 0) is 19.0 Å². The van der Waals surface area contributed by atoms with Crippen molar-refractivity contribution in [3.8, 4) is 17.2 Å². The van der Waals surface area contributed by atoms with Gasteiger partial charge in [-0.1, -0.05) is 44.5 Å². The number of hydrogen-bond donors (Lipinski definition) is 0. The molecule has 0 saturated carbocycles. The van der Waals surface area contributed by atoms with E-state index in [1.807, 2.05) is 6.92 Å². The van der Waals surface area contributed by atoms with Crippen LogP contribution in [-0.4, -0.2) is 0 Å². The van der Waals surface area contributed by atoms with Crippen LogP contribution in [0.3, 0.4) is 0 Å². The molecule has 0 aliphatic rings. The van der Waals surface area contributed by atoms with E-state index in [1.54, 1.807) is 36.4 Å². The second kappa shape index (κ2) is 9.86. The molecule has 0 heterocycles. The van der Waals surface area contributed by atoms with Crippen LogP contribution in [0.25, 0.3) is 0 Å². The maximum Gasteiger partial charge on any atom is 0.432 e. The Morgan fingerprint density at radius 2 is 1.39 bits per heavy atom. The minimum Gasteiger partial charge on any atom is -0.454 e. The van der Waals surface area contributed by atoms with E-state index in [0.717, 1.165) is 48.9 Å². The molecule has 6 heteroatoms. The first kappa shape index (κ1) is 22.7. The molecule has 0 bridgehead atoms. The van der Waals surface area contributed by atoms with Gasteiger partial charge in [0, 0.05) is 0 Å². The lowest BCUT2D eigenvalue weighted by atomic mass is 10.1. The molecule has 164 valence electrons. The SMILES string of the molecule is CCCCc1ccc(OC(F)(F)c2c(F)ccc(Oc3ccc(CC)cc3)c2F)cc1. The molecule has 0 aromatic heterocycles. The highest BCUT2D eigenvalue weighted by atomic mass is 19.3. The van der Waals surface area contributed by atoms with Crippen molar-refractivity contribution in [3.63, 3.8) is 0 Å². The van der Waals surface area contributed by atoms with Gasteiger partial charge in [0.15, 0.2) is 11.6 Å². The Labute approximate surface area is 179 Å². The number of ether oxygens (including phenoxy) is 2. The van der Waals surface area contributed by atoms with E-state index in [2.05, 4.69) is 11.7 Å². The van der Waals surface area contributed by atoms with Crippen molar-refractivity contribution < 1.29 is 27.0 Å². The van der Waals surface area contributed by atoms with Gasteiger partial charge < -0.3 is 9.47 Å². The van der Waals surface area contributed by atoms with E-state index in [1.165, 1.54) is 12.1 Å². The third-order valence-electron chi connectivity index (χ3n) is 4.89. The molecule has 0 radical (unpaired) electrons. The maximum absolute atomic E-state index is 14.8. The Morgan fingerprint density at radius 3 is 2.00 bits per heavy atom. The summed E-state index contributed by atoms with van der Waals surface area (Å²) in [5.74, 6) is -3.38. The number of alkyl halides is 2. The molecule has 0 N–H and O–H groups in total. The molecule has 0 amide bonds. The van der Waals surface area contributed by atoms with Gasteiger partial charge in [-0.25, -0.2) is 8.78 Å². The van der Waals surface area contributed by atoms with Crippen LogP contribution in [0.5, 0.6) is 17.2 Å². The lowest BCUT2D eigenvalue weighted by Crippen LogP contribution is -2.25. The number of hydrogen-bond acceptors (Lipinski definition) is 2. The van der Waals surface area contributed by atoms with E-state index >= 15 is 0 Å². The van der Waals surface area contributed by atoms with Gasteiger partial charge in [0.25, 0.3) is 0 Å². The van der Waals surface area contributed by atoms with E-state index in [-0.39, 0.29) is 11.5 Å². The molecule has 3 aromatic rings. The fraction of sp³-hybridized carbons (Fsp3) is 0.280. The zero-order chi connectivity index (χ0) is 22.4. The smallest absolute Gasteiger partial charge is 0.432 e. The largest absolute Gasteiger partial charge is 0.454 e. The minimum atomic E-state index is -4.23. The summed E-state index contributed by atoms with van der Waals surface area (Å²) in [6.45, 7) is 4.03. The summed E-state index contributed by atoms with van der Waals surface area (Å²) >= 11 is 0. The number of benzene rings is 3. The van der Waals surface area contributed by atoms with Gasteiger partial charge in [0.1, 0.15) is 22.9 Å². The maximum atomic E-state index is 14.8. The zero-order valence-electron chi connectivity index (χ0n) is 17.4. The molecule has 0 unspecified atom stereocenters. The highest BCUT2D eigenvalue weighted by Gasteiger charge is 2.42. The summed E-state index contributed by atoms with van der Waals surface area (Å²) in [4.78, 5) is 0. The summed E-state index contributed by atoms with van der Waals surface area (Å²) in [6.07, 6.45) is -0.630. The van der Waals surface area contributed by atoms with Crippen LogP contribution in [0, 0.1) is 11.6 Å². The third kappa shape index (κ3) is 5.57. The quantitative estimate of drug-likeness (QED) is 0.321. The standard InChI is InChI=1S/C25H24F4O2/c1-3-5-6-18-9-13-20(14-10-18)31-25(28,29)23-21(26)15-16-22(24(23)27)30-19-11-7-17(4-2)8-12-19/h7-16H,3-6H2,1-2H3. The first-order valence-electron chi connectivity index (χ1n) is 10.2. The number of unbranched alkanes of at least 4 members (excludes halogenated alkanes) is 1. The molecule has 2 nitrogen and oxygen atoms in total. The average Bonchev–Trinajstić information content (AvgIpc) is 2.75. The first-order chi connectivity index (χ1) is 14.8. The first-order valence-corrected chi connectivity index (χ1v) is 10.2. The second-order valence-corrected chi connectivity index (χ2v) is 7.20. The van der Waals surface area contributed by atoms with Crippen LogP contribution >= 0.6 is 0 Å². The average molecular weight is 432 g/mol. The van der Waals surface area contributed by atoms with E-state index in [9.17, 15) is 17.6 Å². The van der Waals surface area contributed by atoms with Crippen molar-refractivity contribution in [2.24, 2.45) is 0 Å². The van der Waals surface area contributed by atoms with Gasteiger partial charge in [-0.15, -0.1) is 0 Å².